The highest BCUT2D eigenvalue weighted by atomic mass is 79.9. The van der Waals surface area contributed by atoms with Gasteiger partial charge in [-0.3, -0.25) is 0 Å². The van der Waals surface area contributed by atoms with Crippen LogP contribution >= 0.6 is 15.9 Å². The smallest absolute Gasteiger partial charge is 0.153 e. The molecule has 0 amide bonds. The molecule has 1 aliphatic rings. The van der Waals surface area contributed by atoms with E-state index in [0.717, 1.165) is 32.6 Å². The second kappa shape index (κ2) is 4.60. The molecule has 0 spiro atoms. The molecule has 4 rings (SSSR count). The van der Waals surface area contributed by atoms with Crippen LogP contribution in [-0.4, -0.2) is 9.38 Å². The number of fused-ring (bicyclic) bond motifs is 2. The first-order chi connectivity index (χ1) is 10.2. The summed E-state index contributed by atoms with van der Waals surface area (Å²) in [6.07, 6.45) is 5.68. The van der Waals surface area contributed by atoms with Crippen LogP contribution < -0.4 is 4.74 Å². The van der Waals surface area contributed by atoms with Crippen molar-refractivity contribution >= 4 is 32.8 Å². The maximum absolute atomic E-state index is 5.99. The minimum atomic E-state index is 0.717. The van der Waals surface area contributed by atoms with Gasteiger partial charge in [-0.25, -0.2) is 4.98 Å². The van der Waals surface area contributed by atoms with Crippen molar-refractivity contribution in [3.8, 4) is 5.75 Å². The molecule has 3 aromatic rings. The van der Waals surface area contributed by atoms with Crippen LogP contribution in [0.25, 0.3) is 16.8 Å². The average Bonchev–Trinajstić information content (AvgIpc) is 2.94. The second-order valence-electron chi connectivity index (χ2n) is 4.89. The fourth-order valence-corrected chi connectivity index (χ4v) is 2.77. The van der Waals surface area contributed by atoms with Crippen molar-refractivity contribution in [3.05, 3.63) is 77.3 Å². The van der Waals surface area contributed by atoms with Crippen molar-refractivity contribution in [2.24, 2.45) is 0 Å². The number of nitrogens with zero attached hydrogens (tertiary/aromatic N) is 2. The van der Waals surface area contributed by atoms with Gasteiger partial charge in [-0.05, 0) is 48.0 Å². The van der Waals surface area contributed by atoms with Crippen LogP contribution in [-0.2, 0) is 0 Å². The molecule has 0 atom stereocenters. The standard InChI is InChI=1S/C17H11BrN2O/c1-11-7-17(21-16-8-12(18)4-5-14(11)16)15-9-13-3-2-6-20(13)10-19-15/h2-10H,1H2. The van der Waals surface area contributed by atoms with Gasteiger partial charge < -0.3 is 9.14 Å². The zero-order chi connectivity index (χ0) is 14.4. The lowest BCUT2D eigenvalue weighted by molar-refractivity contribution is 0.506. The zero-order valence-corrected chi connectivity index (χ0v) is 12.7. The fraction of sp³-hybridized carbons (Fsp3) is 0. The van der Waals surface area contributed by atoms with E-state index in [9.17, 15) is 0 Å². The minimum absolute atomic E-state index is 0.717. The van der Waals surface area contributed by atoms with Gasteiger partial charge in [-0.15, -0.1) is 0 Å². The number of ether oxygens (including phenoxy) is 1. The summed E-state index contributed by atoms with van der Waals surface area (Å²) in [5, 5.41) is 0. The maximum atomic E-state index is 5.99. The first-order valence-electron chi connectivity index (χ1n) is 6.52. The molecule has 0 aliphatic carbocycles. The third-order valence-electron chi connectivity index (χ3n) is 3.48. The predicted molar refractivity (Wildman–Crippen MR) is 87.0 cm³/mol. The normalized spacial score (nSPS) is 13.8. The van der Waals surface area contributed by atoms with Gasteiger partial charge in [-0.1, -0.05) is 22.5 Å². The van der Waals surface area contributed by atoms with E-state index >= 15 is 0 Å². The number of aromatic nitrogens is 2. The SMILES string of the molecule is C=C1C=C(c2cc3cccn3cn2)Oc2cc(Br)ccc21. The van der Waals surface area contributed by atoms with Crippen molar-refractivity contribution in [2.45, 2.75) is 0 Å². The Bertz CT molecular complexity index is 908. The molecule has 0 unspecified atom stereocenters. The number of benzene rings is 1. The highest BCUT2D eigenvalue weighted by Crippen LogP contribution is 2.37. The van der Waals surface area contributed by atoms with E-state index in [4.69, 9.17) is 4.74 Å². The van der Waals surface area contributed by atoms with Crippen LogP contribution in [0.4, 0.5) is 0 Å². The van der Waals surface area contributed by atoms with Crippen LogP contribution in [0.5, 0.6) is 5.75 Å². The van der Waals surface area contributed by atoms with Crippen molar-refractivity contribution in [3.63, 3.8) is 0 Å². The molecule has 0 bridgehead atoms. The fourth-order valence-electron chi connectivity index (χ4n) is 2.43. The number of halogens is 1. The highest BCUT2D eigenvalue weighted by Gasteiger charge is 2.18. The molecule has 21 heavy (non-hydrogen) atoms. The Balaban J connectivity index is 1.81. The topological polar surface area (TPSA) is 26.5 Å². The highest BCUT2D eigenvalue weighted by molar-refractivity contribution is 9.10. The lowest BCUT2D eigenvalue weighted by Crippen LogP contribution is -2.05. The van der Waals surface area contributed by atoms with Crippen LogP contribution in [0.2, 0.25) is 0 Å². The summed E-state index contributed by atoms with van der Waals surface area (Å²) in [4.78, 5) is 4.45. The molecule has 4 heteroatoms. The van der Waals surface area contributed by atoms with Gasteiger partial charge in [0.25, 0.3) is 0 Å². The van der Waals surface area contributed by atoms with Gasteiger partial charge >= 0.3 is 0 Å². The lowest BCUT2D eigenvalue weighted by Gasteiger charge is -2.19. The zero-order valence-electron chi connectivity index (χ0n) is 11.1. The molecule has 0 saturated carbocycles. The summed E-state index contributed by atoms with van der Waals surface area (Å²) in [5.74, 6) is 1.51. The molecule has 102 valence electrons. The maximum Gasteiger partial charge on any atom is 0.153 e. The molecular formula is C17H11BrN2O. The monoisotopic (exact) mass is 338 g/mol. The van der Waals surface area contributed by atoms with Crippen molar-refractivity contribution < 1.29 is 4.74 Å². The Morgan fingerprint density at radius 3 is 3.00 bits per heavy atom. The molecule has 3 nitrogen and oxygen atoms in total. The predicted octanol–water partition coefficient (Wildman–Crippen LogP) is 4.54. The first kappa shape index (κ1) is 12.4. The largest absolute Gasteiger partial charge is 0.454 e. The molecule has 0 N–H and O–H groups in total. The van der Waals surface area contributed by atoms with E-state index < -0.39 is 0 Å². The van der Waals surface area contributed by atoms with Crippen LogP contribution in [0.3, 0.4) is 0 Å². The third-order valence-corrected chi connectivity index (χ3v) is 3.98. The quantitative estimate of drug-likeness (QED) is 0.651. The minimum Gasteiger partial charge on any atom is -0.454 e. The number of hydrogen-bond donors (Lipinski definition) is 0. The molecule has 3 heterocycles. The van der Waals surface area contributed by atoms with Gasteiger partial charge in [0.05, 0.1) is 6.33 Å². The summed E-state index contributed by atoms with van der Waals surface area (Å²) in [7, 11) is 0. The average molecular weight is 339 g/mol. The summed E-state index contributed by atoms with van der Waals surface area (Å²) in [6.45, 7) is 4.11. The third kappa shape index (κ3) is 2.08. The Morgan fingerprint density at radius 2 is 2.10 bits per heavy atom. The molecule has 1 aromatic carbocycles. The summed E-state index contributed by atoms with van der Waals surface area (Å²) in [6, 6.07) is 12.0. The Hall–Kier alpha value is -2.33. The van der Waals surface area contributed by atoms with E-state index in [-0.39, 0.29) is 0 Å². The van der Waals surface area contributed by atoms with Gasteiger partial charge in [0.15, 0.2) is 5.76 Å². The van der Waals surface area contributed by atoms with E-state index in [1.807, 2.05) is 53.1 Å². The Morgan fingerprint density at radius 1 is 1.19 bits per heavy atom. The Kier molecular flexibility index (Phi) is 2.72. The lowest BCUT2D eigenvalue weighted by atomic mass is 10.0. The van der Waals surface area contributed by atoms with Crippen LogP contribution in [0.15, 0.2) is 66.1 Å². The number of hydrogen-bond acceptors (Lipinski definition) is 2. The molecule has 0 fully saturated rings. The van der Waals surface area contributed by atoms with E-state index in [2.05, 4.69) is 27.5 Å². The number of allylic oxidation sites excluding steroid dienone is 2. The molecule has 1 aliphatic heterocycles. The molecule has 0 saturated heterocycles. The van der Waals surface area contributed by atoms with Crippen molar-refractivity contribution in [1.82, 2.24) is 9.38 Å². The first-order valence-corrected chi connectivity index (χ1v) is 7.31. The van der Waals surface area contributed by atoms with Gasteiger partial charge in [0, 0.05) is 21.7 Å². The van der Waals surface area contributed by atoms with E-state index in [1.165, 1.54) is 0 Å². The van der Waals surface area contributed by atoms with Gasteiger partial charge in [-0.2, -0.15) is 0 Å². The molecular weight excluding hydrogens is 328 g/mol. The van der Waals surface area contributed by atoms with E-state index in [0.29, 0.717) is 5.76 Å². The van der Waals surface area contributed by atoms with Crippen LogP contribution in [0, 0.1) is 0 Å². The van der Waals surface area contributed by atoms with Crippen molar-refractivity contribution in [1.29, 1.82) is 0 Å². The number of rotatable bonds is 1. The molecule has 2 aromatic heterocycles. The van der Waals surface area contributed by atoms with E-state index in [1.54, 1.807) is 6.33 Å². The van der Waals surface area contributed by atoms with Crippen LogP contribution in [0.1, 0.15) is 11.3 Å². The second-order valence-corrected chi connectivity index (χ2v) is 5.81. The summed E-state index contributed by atoms with van der Waals surface area (Å²) in [5.41, 5.74) is 3.81. The molecule has 0 radical (unpaired) electrons. The van der Waals surface area contributed by atoms with Crippen molar-refractivity contribution in [2.75, 3.05) is 0 Å². The summed E-state index contributed by atoms with van der Waals surface area (Å²) >= 11 is 3.47. The van der Waals surface area contributed by atoms with Gasteiger partial charge in [0.2, 0.25) is 0 Å². The summed E-state index contributed by atoms with van der Waals surface area (Å²) < 4.78 is 8.93. The Labute approximate surface area is 130 Å². The van der Waals surface area contributed by atoms with Gasteiger partial charge in [0.1, 0.15) is 11.4 Å².